The lowest BCUT2D eigenvalue weighted by atomic mass is 9.98. The molecule has 0 radical (unpaired) electrons. The van der Waals surface area contributed by atoms with Gasteiger partial charge in [0.2, 0.25) is 11.8 Å². The molecule has 0 aliphatic heterocycles. The van der Waals surface area contributed by atoms with Gasteiger partial charge in [-0.15, -0.1) is 0 Å². The second kappa shape index (κ2) is 12.6. The molecule has 1 fully saturated rings. The zero-order chi connectivity index (χ0) is 28.7. The topological polar surface area (TPSA) is 134 Å². The molecule has 2 atom stereocenters. The molecule has 3 amide bonds. The highest BCUT2D eigenvalue weighted by Gasteiger charge is 2.44. The van der Waals surface area contributed by atoms with E-state index in [1.54, 1.807) is 39.8 Å². The number of hydrogen-bond donors (Lipinski definition) is 3. The zero-order valence-corrected chi connectivity index (χ0v) is 23.0. The number of alkyl carbamates (subject to hydrolysis) is 1. The van der Waals surface area contributed by atoms with Crippen molar-refractivity contribution in [2.45, 2.75) is 70.7 Å². The third-order valence-electron chi connectivity index (χ3n) is 6.16. The number of hydrogen-bond acceptors (Lipinski definition) is 7. The molecule has 0 aromatic heterocycles. The van der Waals surface area contributed by atoms with Crippen LogP contribution in [0.5, 0.6) is 5.75 Å². The van der Waals surface area contributed by atoms with Gasteiger partial charge < -0.3 is 30.1 Å². The third kappa shape index (κ3) is 8.46. The molecule has 0 saturated heterocycles. The Labute approximate surface area is 228 Å². The van der Waals surface area contributed by atoms with Gasteiger partial charge in [0, 0.05) is 12.5 Å². The van der Waals surface area contributed by atoms with Crippen molar-refractivity contribution < 1.29 is 33.8 Å². The van der Waals surface area contributed by atoms with Gasteiger partial charge in [-0.2, -0.15) is 0 Å². The number of carbonyl (C=O) groups is 4. The molecule has 3 rings (SSSR count). The van der Waals surface area contributed by atoms with Gasteiger partial charge in [0.05, 0.1) is 7.11 Å². The summed E-state index contributed by atoms with van der Waals surface area (Å²) in [6.07, 6.45) is 0.773. The summed E-state index contributed by atoms with van der Waals surface area (Å²) in [4.78, 5) is 53.8. The number of benzene rings is 2. The van der Waals surface area contributed by atoms with Crippen LogP contribution in [0.25, 0.3) is 0 Å². The van der Waals surface area contributed by atoms with Crippen molar-refractivity contribution in [1.82, 2.24) is 15.5 Å². The number of carbonyl (C=O) groups excluding carboxylic acids is 4. The largest absolute Gasteiger partial charge is 0.508 e. The average molecular weight is 540 g/mol. The van der Waals surface area contributed by atoms with Crippen LogP contribution in [-0.4, -0.2) is 65.2 Å². The normalized spacial score (nSPS) is 14.5. The molecule has 0 bridgehead atoms. The van der Waals surface area contributed by atoms with E-state index >= 15 is 0 Å². The SMILES string of the molecule is COC(=O)CNC(=O)C(c1ccc(O)c(C)c1)N(C(=O)C(Cc1ccccc1)NC(=O)OC(C)(C)C)C1CC1. The van der Waals surface area contributed by atoms with Crippen LogP contribution in [0.3, 0.4) is 0 Å². The number of nitrogens with one attached hydrogen (secondary N) is 2. The number of phenols is 1. The third-order valence-corrected chi connectivity index (χ3v) is 6.16. The summed E-state index contributed by atoms with van der Waals surface area (Å²) in [7, 11) is 1.21. The van der Waals surface area contributed by atoms with Gasteiger partial charge in [0.1, 0.15) is 30.0 Å². The summed E-state index contributed by atoms with van der Waals surface area (Å²) in [5, 5.41) is 15.4. The first-order valence-corrected chi connectivity index (χ1v) is 12.9. The van der Waals surface area contributed by atoms with Gasteiger partial charge in [-0.25, -0.2) is 4.79 Å². The van der Waals surface area contributed by atoms with Crippen molar-refractivity contribution in [3.05, 3.63) is 65.2 Å². The number of esters is 1. The van der Waals surface area contributed by atoms with E-state index < -0.39 is 41.6 Å². The monoisotopic (exact) mass is 539 g/mol. The van der Waals surface area contributed by atoms with Crippen molar-refractivity contribution in [1.29, 1.82) is 0 Å². The van der Waals surface area contributed by atoms with Crippen molar-refractivity contribution in [2.24, 2.45) is 0 Å². The molecule has 3 N–H and O–H groups in total. The molecule has 10 nitrogen and oxygen atoms in total. The minimum absolute atomic E-state index is 0.0466. The van der Waals surface area contributed by atoms with Crippen molar-refractivity contribution >= 4 is 23.9 Å². The van der Waals surface area contributed by atoms with E-state index in [-0.39, 0.29) is 24.8 Å². The minimum atomic E-state index is -1.12. The summed E-state index contributed by atoms with van der Waals surface area (Å²) in [6.45, 7) is 6.50. The fourth-order valence-electron chi connectivity index (χ4n) is 4.17. The Morgan fingerprint density at radius 3 is 2.31 bits per heavy atom. The van der Waals surface area contributed by atoms with Crippen molar-refractivity contribution in [3.8, 4) is 5.75 Å². The minimum Gasteiger partial charge on any atom is -0.508 e. The first kappa shape index (κ1) is 29.5. The predicted octanol–water partition coefficient (Wildman–Crippen LogP) is 3.16. The van der Waals surface area contributed by atoms with E-state index in [9.17, 15) is 24.3 Å². The number of aryl methyl sites for hydroxylation is 1. The highest BCUT2D eigenvalue weighted by atomic mass is 16.6. The molecular formula is C29H37N3O7. The van der Waals surface area contributed by atoms with E-state index in [0.29, 0.717) is 24.0 Å². The molecule has 2 unspecified atom stereocenters. The number of aromatic hydroxyl groups is 1. The molecular weight excluding hydrogens is 502 g/mol. The molecule has 0 heterocycles. The molecule has 1 saturated carbocycles. The lowest BCUT2D eigenvalue weighted by molar-refractivity contribution is -0.145. The van der Waals surface area contributed by atoms with Crippen LogP contribution < -0.4 is 10.6 Å². The average Bonchev–Trinajstić information content (AvgIpc) is 3.71. The molecule has 1 aliphatic rings. The number of ether oxygens (including phenoxy) is 2. The van der Waals surface area contributed by atoms with E-state index in [4.69, 9.17) is 4.74 Å². The summed E-state index contributed by atoms with van der Waals surface area (Å²) in [5.74, 6) is -1.63. The van der Waals surface area contributed by atoms with E-state index in [2.05, 4.69) is 15.4 Å². The Kier molecular flexibility index (Phi) is 9.56. The molecule has 2 aromatic rings. The lowest BCUT2D eigenvalue weighted by Gasteiger charge is -2.35. The second-order valence-electron chi connectivity index (χ2n) is 10.6. The predicted molar refractivity (Wildman–Crippen MR) is 144 cm³/mol. The second-order valence-corrected chi connectivity index (χ2v) is 10.6. The lowest BCUT2D eigenvalue weighted by Crippen LogP contribution is -2.54. The van der Waals surface area contributed by atoms with Crippen molar-refractivity contribution in [2.75, 3.05) is 13.7 Å². The van der Waals surface area contributed by atoms with Crippen molar-refractivity contribution in [3.63, 3.8) is 0 Å². The summed E-state index contributed by atoms with van der Waals surface area (Å²) >= 11 is 0. The Hall–Kier alpha value is -4.08. The number of nitrogens with zero attached hydrogens (tertiary/aromatic N) is 1. The maximum Gasteiger partial charge on any atom is 0.408 e. The smallest absolute Gasteiger partial charge is 0.408 e. The van der Waals surface area contributed by atoms with Gasteiger partial charge >= 0.3 is 12.1 Å². The summed E-state index contributed by atoms with van der Waals surface area (Å²) in [6, 6.07) is 11.5. The standard InChI is InChI=1S/C29H37N3O7/c1-18-15-20(11-14-23(18)33)25(26(35)30-17-24(34)38-5)32(21-12-13-21)27(36)22(16-19-9-7-6-8-10-19)31-28(37)39-29(2,3)4/h6-11,14-15,21-22,25,33H,12-13,16-17H2,1-5H3,(H,30,35)(H,31,37). The zero-order valence-electron chi connectivity index (χ0n) is 23.0. The van der Waals surface area contributed by atoms with Crippen LogP contribution >= 0.6 is 0 Å². The molecule has 10 heteroatoms. The van der Waals surface area contributed by atoms with Crippen LogP contribution in [0.1, 0.15) is 56.3 Å². The Bertz CT molecular complexity index is 1190. The van der Waals surface area contributed by atoms with Gasteiger partial charge in [0.15, 0.2) is 0 Å². The molecule has 39 heavy (non-hydrogen) atoms. The number of phenolic OH excluding ortho intramolecular Hbond substituents is 1. The van der Waals surface area contributed by atoms with E-state index in [1.165, 1.54) is 18.1 Å². The van der Waals surface area contributed by atoms with Crippen LogP contribution in [0, 0.1) is 6.92 Å². The van der Waals surface area contributed by atoms with Gasteiger partial charge in [0.25, 0.3) is 0 Å². The molecule has 0 spiro atoms. The highest BCUT2D eigenvalue weighted by molar-refractivity contribution is 5.93. The summed E-state index contributed by atoms with van der Waals surface area (Å²) < 4.78 is 10.1. The maximum atomic E-state index is 14.2. The van der Waals surface area contributed by atoms with Crippen LogP contribution in [-0.2, 0) is 30.3 Å². The van der Waals surface area contributed by atoms with Crippen LogP contribution in [0.15, 0.2) is 48.5 Å². The first-order valence-electron chi connectivity index (χ1n) is 12.9. The van der Waals surface area contributed by atoms with Crippen LogP contribution in [0.2, 0.25) is 0 Å². The van der Waals surface area contributed by atoms with Gasteiger partial charge in [-0.3, -0.25) is 14.4 Å². The Morgan fingerprint density at radius 1 is 1.08 bits per heavy atom. The number of methoxy groups -OCH3 is 1. The van der Waals surface area contributed by atoms with E-state index in [1.807, 2.05) is 30.3 Å². The fraction of sp³-hybridized carbons (Fsp3) is 0.448. The molecule has 210 valence electrons. The number of amides is 3. The summed E-state index contributed by atoms with van der Waals surface area (Å²) in [5.41, 5.74) is 1.02. The Morgan fingerprint density at radius 2 is 1.74 bits per heavy atom. The Balaban J connectivity index is 2.01. The van der Waals surface area contributed by atoms with Crippen LogP contribution in [0.4, 0.5) is 4.79 Å². The maximum absolute atomic E-state index is 14.2. The molecule has 2 aromatic carbocycles. The number of rotatable bonds is 10. The van der Waals surface area contributed by atoms with Gasteiger partial charge in [-0.1, -0.05) is 36.4 Å². The molecule has 1 aliphatic carbocycles. The van der Waals surface area contributed by atoms with E-state index in [0.717, 1.165) is 5.56 Å². The highest BCUT2D eigenvalue weighted by Crippen LogP contribution is 2.36. The quantitative estimate of drug-likeness (QED) is 0.395. The first-order chi connectivity index (χ1) is 18.4. The fourth-order valence-corrected chi connectivity index (χ4v) is 4.17. The van der Waals surface area contributed by atoms with Gasteiger partial charge in [-0.05, 0) is 69.4 Å².